The number of pyridine rings is 1. The smallest absolute Gasteiger partial charge is 0.260 e. The van der Waals surface area contributed by atoms with E-state index in [-0.39, 0.29) is 18.3 Å². The van der Waals surface area contributed by atoms with E-state index < -0.39 is 0 Å². The van der Waals surface area contributed by atoms with Gasteiger partial charge in [-0.1, -0.05) is 49.4 Å². The van der Waals surface area contributed by atoms with Gasteiger partial charge in [-0.25, -0.2) is 9.97 Å². The molecule has 192 valence electrons. The van der Waals surface area contributed by atoms with E-state index in [9.17, 15) is 4.79 Å². The third kappa shape index (κ3) is 5.62. The van der Waals surface area contributed by atoms with E-state index in [0.717, 1.165) is 57.1 Å². The fourth-order valence-corrected chi connectivity index (χ4v) is 5.95. The van der Waals surface area contributed by atoms with E-state index in [1.54, 1.807) is 18.4 Å². The fraction of sp³-hybridized carbons (Fsp3) is 0.250. The van der Waals surface area contributed by atoms with Crippen molar-refractivity contribution >= 4 is 67.2 Å². The molecule has 1 amide bonds. The second-order valence-electron chi connectivity index (χ2n) is 8.36. The van der Waals surface area contributed by atoms with Gasteiger partial charge < -0.3 is 9.64 Å². The minimum Gasteiger partial charge on any atom is -0.497 e. The van der Waals surface area contributed by atoms with Gasteiger partial charge >= 0.3 is 0 Å². The number of nitrogens with zero attached hydrogens (tertiary/aromatic N) is 4. The van der Waals surface area contributed by atoms with E-state index in [0.29, 0.717) is 17.2 Å². The Hall–Kier alpha value is -3.04. The molecule has 2 aromatic carbocycles. The number of carbonyl (C=O) groups is 1. The van der Waals surface area contributed by atoms with Crippen molar-refractivity contribution in [1.29, 1.82) is 0 Å². The Labute approximate surface area is 230 Å². The first kappa shape index (κ1) is 27.0. The zero-order chi connectivity index (χ0) is 25.1. The quantitative estimate of drug-likeness (QED) is 0.197. The summed E-state index contributed by atoms with van der Waals surface area (Å²) < 4.78 is 6.39. The van der Waals surface area contributed by atoms with Gasteiger partial charge in [0.25, 0.3) is 5.91 Å². The maximum absolute atomic E-state index is 14.3. The molecule has 0 saturated carbocycles. The summed E-state index contributed by atoms with van der Waals surface area (Å²) in [5.74, 6) is 0.712. The maximum Gasteiger partial charge on any atom is 0.260 e. The second kappa shape index (κ2) is 12.0. The Balaban J connectivity index is 0.00000320. The highest BCUT2D eigenvalue weighted by Gasteiger charge is 2.25. The van der Waals surface area contributed by atoms with Gasteiger partial charge in [-0.05, 0) is 54.9 Å². The number of hydrogen-bond acceptors (Lipinski definition) is 7. The minimum absolute atomic E-state index is 0. The second-order valence-corrected chi connectivity index (χ2v) is 10.3. The summed E-state index contributed by atoms with van der Waals surface area (Å²) in [5.41, 5.74) is 3.12. The van der Waals surface area contributed by atoms with E-state index in [1.165, 1.54) is 11.3 Å². The Morgan fingerprint density at radius 2 is 1.76 bits per heavy atom. The minimum atomic E-state index is -0.0652. The number of hydrogen-bond donors (Lipinski definition) is 0. The third-order valence-corrected chi connectivity index (χ3v) is 8.25. The molecule has 0 aliphatic rings. The molecule has 0 aliphatic heterocycles. The monoisotopic (exact) mass is 552 g/mol. The lowest BCUT2D eigenvalue weighted by Crippen LogP contribution is -2.39. The lowest BCUT2D eigenvalue weighted by atomic mass is 10.1. The lowest BCUT2D eigenvalue weighted by Gasteiger charge is -2.25. The predicted octanol–water partition coefficient (Wildman–Crippen LogP) is 6.99. The molecule has 0 aliphatic carbocycles. The number of rotatable bonds is 9. The summed E-state index contributed by atoms with van der Waals surface area (Å²) in [6, 6.07) is 19.6. The molecule has 0 radical (unpaired) electrons. The number of fused-ring (bicyclic) bond motifs is 2. The van der Waals surface area contributed by atoms with Crippen LogP contribution in [0.4, 0.5) is 5.13 Å². The SMILES string of the molecule is CCN(CC)CCN(C(=O)c1cc(-c2cccs2)nc2ccccc12)c1nc2ccc(OC)cc2s1.Cl. The molecular weight excluding hydrogens is 524 g/mol. The van der Waals surface area contributed by atoms with Gasteiger partial charge in [0, 0.05) is 18.5 Å². The molecule has 0 N–H and O–H groups in total. The molecule has 0 fully saturated rings. The van der Waals surface area contributed by atoms with Crippen LogP contribution in [0.15, 0.2) is 66.0 Å². The van der Waals surface area contributed by atoms with Crippen molar-refractivity contribution < 1.29 is 9.53 Å². The van der Waals surface area contributed by atoms with Gasteiger partial charge in [-0.15, -0.1) is 23.7 Å². The fourth-order valence-electron chi connectivity index (χ4n) is 4.25. The van der Waals surface area contributed by atoms with Crippen LogP contribution in [-0.4, -0.2) is 54.1 Å². The Kier molecular flexibility index (Phi) is 8.76. The number of para-hydroxylation sites is 1. The molecule has 6 nitrogen and oxygen atoms in total. The number of amides is 1. The summed E-state index contributed by atoms with van der Waals surface area (Å²) in [4.78, 5) is 29.2. The number of benzene rings is 2. The standard InChI is InChI=1S/C28H28N4O2S2.ClH/c1-4-31(5-2)14-15-32(28-30-23-13-12-19(34-3)17-26(23)36-28)27(33)21-18-24(25-11-8-16-35-25)29-22-10-7-6-9-20(21)22;/h6-13,16-18H,4-5,14-15H2,1-3H3;1H. The van der Waals surface area contributed by atoms with Crippen LogP contribution in [0.5, 0.6) is 5.75 Å². The van der Waals surface area contributed by atoms with E-state index >= 15 is 0 Å². The van der Waals surface area contributed by atoms with Crippen LogP contribution < -0.4 is 9.64 Å². The number of halogens is 1. The third-order valence-electron chi connectivity index (χ3n) is 6.31. The topological polar surface area (TPSA) is 58.6 Å². The number of methoxy groups -OCH3 is 1. The van der Waals surface area contributed by atoms with Crippen molar-refractivity contribution in [3.05, 3.63) is 71.6 Å². The largest absolute Gasteiger partial charge is 0.497 e. The number of ether oxygens (including phenoxy) is 1. The predicted molar refractivity (Wildman–Crippen MR) is 158 cm³/mol. The molecule has 0 bridgehead atoms. The van der Waals surface area contributed by atoms with Crippen LogP contribution >= 0.6 is 35.1 Å². The lowest BCUT2D eigenvalue weighted by molar-refractivity contribution is 0.0985. The molecule has 5 rings (SSSR count). The average molecular weight is 553 g/mol. The molecule has 3 heterocycles. The van der Waals surface area contributed by atoms with Crippen molar-refractivity contribution in [3.63, 3.8) is 0 Å². The zero-order valence-corrected chi connectivity index (χ0v) is 23.5. The highest BCUT2D eigenvalue weighted by Crippen LogP contribution is 2.34. The van der Waals surface area contributed by atoms with Gasteiger partial charge in [0.1, 0.15) is 5.75 Å². The van der Waals surface area contributed by atoms with E-state index in [1.807, 2.05) is 70.9 Å². The van der Waals surface area contributed by atoms with Gasteiger partial charge in [0.2, 0.25) is 0 Å². The van der Waals surface area contributed by atoms with Gasteiger partial charge in [0.05, 0.1) is 39.0 Å². The van der Waals surface area contributed by atoms with Gasteiger partial charge in [0.15, 0.2) is 5.13 Å². The van der Waals surface area contributed by atoms with E-state index in [2.05, 4.69) is 18.7 Å². The van der Waals surface area contributed by atoms with Crippen molar-refractivity contribution in [3.8, 4) is 16.3 Å². The van der Waals surface area contributed by atoms with Crippen LogP contribution in [0.3, 0.4) is 0 Å². The van der Waals surface area contributed by atoms with Crippen molar-refractivity contribution in [1.82, 2.24) is 14.9 Å². The first-order valence-corrected chi connectivity index (χ1v) is 13.7. The first-order chi connectivity index (χ1) is 17.6. The summed E-state index contributed by atoms with van der Waals surface area (Å²) in [6.45, 7) is 7.44. The molecule has 9 heteroatoms. The van der Waals surface area contributed by atoms with Crippen molar-refractivity contribution in [2.24, 2.45) is 0 Å². The summed E-state index contributed by atoms with van der Waals surface area (Å²) in [7, 11) is 1.66. The van der Waals surface area contributed by atoms with E-state index in [4.69, 9.17) is 14.7 Å². The molecule has 0 saturated heterocycles. The molecule has 0 unspecified atom stereocenters. The normalized spacial score (nSPS) is 11.1. The van der Waals surface area contributed by atoms with Gasteiger partial charge in [-0.3, -0.25) is 9.69 Å². The highest BCUT2D eigenvalue weighted by atomic mass is 35.5. The number of likely N-dealkylation sites (N-methyl/N-ethyl adjacent to an activating group) is 1. The molecular formula is C28H29ClN4O2S2. The molecule has 0 spiro atoms. The molecule has 37 heavy (non-hydrogen) atoms. The molecule has 5 aromatic rings. The highest BCUT2D eigenvalue weighted by molar-refractivity contribution is 7.22. The van der Waals surface area contributed by atoms with Crippen LogP contribution in [-0.2, 0) is 0 Å². The number of thiazole rings is 1. The summed E-state index contributed by atoms with van der Waals surface area (Å²) in [6.07, 6.45) is 0. The van der Waals surface area contributed by atoms with Crippen LogP contribution in [0, 0.1) is 0 Å². The maximum atomic E-state index is 14.3. The zero-order valence-electron chi connectivity index (χ0n) is 21.0. The van der Waals surface area contributed by atoms with Crippen LogP contribution in [0.2, 0.25) is 0 Å². The summed E-state index contributed by atoms with van der Waals surface area (Å²) in [5, 5.41) is 3.56. The van der Waals surface area contributed by atoms with Crippen LogP contribution in [0.25, 0.3) is 31.7 Å². The first-order valence-electron chi connectivity index (χ1n) is 12.0. The number of aromatic nitrogens is 2. The molecule has 0 atom stereocenters. The number of carbonyl (C=O) groups excluding carboxylic acids is 1. The van der Waals surface area contributed by atoms with Crippen molar-refractivity contribution in [2.75, 3.05) is 38.2 Å². The van der Waals surface area contributed by atoms with Crippen molar-refractivity contribution in [2.45, 2.75) is 13.8 Å². The number of anilines is 1. The Morgan fingerprint density at radius 1 is 0.946 bits per heavy atom. The number of thiophene rings is 1. The average Bonchev–Trinajstić information content (AvgIpc) is 3.60. The molecule has 3 aromatic heterocycles. The van der Waals surface area contributed by atoms with Crippen LogP contribution in [0.1, 0.15) is 24.2 Å². The Morgan fingerprint density at radius 3 is 2.49 bits per heavy atom. The Bertz CT molecular complexity index is 1500. The van der Waals surface area contributed by atoms with Gasteiger partial charge in [-0.2, -0.15) is 0 Å². The summed E-state index contributed by atoms with van der Waals surface area (Å²) >= 11 is 3.13.